The van der Waals surface area contributed by atoms with Crippen molar-refractivity contribution >= 4 is 15.9 Å². The van der Waals surface area contributed by atoms with Crippen LogP contribution in [0.15, 0.2) is 11.6 Å². The first-order valence-electron chi connectivity index (χ1n) is 2.49. The molecule has 0 aliphatic carbocycles. The van der Waals surface area contributed by atoms with Crippen LogP contribution in [-0.4, -0.2) is 5.33 Å². The first kappa shape index (κ1) is 7.22. The fraction of sp³-hybridized carbons (Fsp3) is 0.667. The lowest BCUT2D eigenvalue weighted by molar-refractivity contribution is 1.12. The van der Waals surface area contributed by atoms with Crippen molar-refractivity contribution in [3.63, 3.8) is 0 Å². The highest BCUT2D eigenvalue weighted by molar-refractivity contribution is 9.09. The molecule has 0 heterocycles. The van der Waals surface area contributed by atoms with Crippen LogP contribution >= 0.6 is 15.9 Å². The SMILES string of the molecule is C/C=C(\C)CCBr. The number of allylic oxidation sites excluding steroid dienone is 2. The first-order valence-corrected chi connectivity index (χ1v) is 3.61. The molecule has 0 saturated heterocycles. The first-order chi connectivity index (χ1) is 3.31. The Kier molecular flexibility index (Phi) is 4.52. The number of hydrogen-bond donors (Lipinski definition) is 0. The summed E-state index contributed by atoms with van der Waals surface area (Å²) in [6.07, 6.45) is 3.32. The number of rotatable bonds is 2. The lowest BCUT2D eigenvalue weighted by Gasteiger charge is -1.89. The Morgan fingerprint density at radius 3 is 2.43 bits per heavy atom. The van der Waals surface area contributed by atoms with Gasteiger partial charge in [0.05, 0.1) is 0 Å². The second-order valence-corrected chi connectivity index (χ2v) is 2.37. The lowest BCUT2D eigenvalue weighted by atomic mass is 10.2. The number of halogens is 1. The molecule has 0 aromatic carbocycles. The summed E-state index contributed by atoms with van der Waals surface area (Å²) in [7, 11) is 0. The van der Waals surface area contributed by atoms with Gasteiger partial charge >= 0.3 is 0 Å². The zero-order valence-corrected chi connectivity index (χ0v) is 6.46. The van der Waals surface area contributed by atoms with Crippen molar-refractivity contribution in [2.45, 2.75) is 20.3 Å². The van der Waals surface area contributed by atoms with E-state index in [1.54, 1.807) is 0 Å². The second-order valence-electron chi connectivity index (χ2n) is 1.57. The summed E-state index contributed by atoms with van der Waals surface area (Å²) in [4.78, 5) is 0. The molecule has 0 bridgehead atoms. The Bertz CT molecular complexity index is 64.6. The molecule has 0 rings (SSSR count). The third kappa shape index (κ3) is 4.07. The van der Waals surface area contributed by atoms with Crippen LogP contribution in [-0.2, 0) is 0 Å². The fourth-order valence-corrected chi connectivity index (χ4v) is 0.919. The Labute approximate surface area is 53.7 Å². The van der Waals surface area contributed by atoms with E-state index in [1.165, 1.54) is 12.0 Å². The molecule has 1 heteroatoms. The van der Waals surface area contributed by atoms with Crippen LogP contribution in [0.25, 0.3) is 0 Å². The van der Waals surface area contributed by atoms with Crippen molar-refractivity contribution < 1.29 is 0 Å². The topological polar surface area (TPSA) is 0 Å². The molecule has 0 aliphatic heterocycles. The zero-order valence-electron chi connectivity index (χ0n) is 4.87. The van der Waals surface area contributed by atoms with Crippen molar-refractivity contribution in [2.24, 2.45) is 0 Å². The average Bonchev–Trinajstić information content (AvgIpc) is 1.68. The van der Waals surface area contributed by atoms with E-state index in [0.717, 1.165) is 5.33 Å². The van der Waals surface area contributed by atoms with Crippen molar-refractivity contribution in [1.82, 2.24) is 0 Å². The third-order valence-corrected chi connectivity index (χ3v) is 1.38. The van der Waals surface area contributed by atoms with Gasteiger partial charge in [0.25, 0.3) is 0 Å². The highest BCUT2D eigenvalue weighted by Gasteiger charge is 1.80. The molecule has 0 amide bonds. The highest BCUT2D eigenvalue weighted by atomic mass is 79.9. The third-order valence-electron chi connectivity index (χ3n) is 0.982. The van der Waals surface area contributed by atoms with Gasteiger partial charge in [-0.3, -0.25) is 0 Å². The highest BCUT2D eigenvalue weighted by Crippen LogP contribution is 2.00. The normalized spacial score (nSPS) is 12.1. The molecular weight excluding hydrogens is 152 g/mol. The quantitative estimate of drug-likeness (QED) is 0.433. The summed E-state index contributed by atoms with van der Waals surface area (Å²) >= 11 is 3.35. The Morgan fingerprint density at radius 2 is 2.29 bits per heavy atom. The maximum absolute atomic E-state index is 3.35. The van der Waals surface area contributed by atoms with Gasteiger partial charge in [-0.25, -0.2) is 0 Å². The minimum atomic E-state index is 1.09. The van der Waals surface area contributed by atoms with E-state index in [9.17, 15) is 0 Å². The van der Waals surface area contributed by atoms with E-state index in [-0.39, 0.29) is 0 Å². The van der Waals surface area contributed by atoms with Crippen LogP contribution in [0.2, 0.25) is 0 Å². The molecule has 0 N–H and O–H groups in total. The molecule has 0 aromatic rings. The van der Waals surface area contributed by atoms with Gasteiger partial charge in [0.1, 0.15) is 0 Å². The predicted octanol–water partition coefficient (Wildman–Crippen LogP) is 2.74. The van der Waals surface area contributed by atoms with Crippen molar-refractivity contribution in [1.29, 1.82) is 0 Å². The van der Waals surface area contributed by atoms with Gasteiger partial charge in [-0.15, -0.1) is 0 Å². The van der Waals surface area contributed by atoms with Gasteiger partial charge in [-0.05, 0) is 20.3 Å². The van der Waals surface area contributed by atoms with E-state index in [4.69, 9.17) is 0 Å². The van der Waals surface area contributed by atoms with Crippen LogP contribution in [0.4, 0.5) is 0 Å². The van der Waals surface area contributed by atoms with Crippen LogP contribution in [0, 0.1) is 0 Å². The second kappa shape index (κ2) is 4.38. The minimum absolute atomic E-state index is 1.09. The molecule has 0 unspecified atom stereocenters. The molecule has 0 nitrogen and oxygen atoms in total. The molecular formula is C6H11Br. The number of hydrogen-bond acceptors (Lipinski definition) is 0. The van der Waals surface area contributed by atoms with E-state index in [2.05, 4.69) is 35.9 Å². The summed E-state index contributed by atoms with van der Waals surface area (Å²) in [5.74, 6) is 0. The van der Waals surface area contributed by atoms with Gasteiger partial charge in [0, 0.05) is 5.33 Å². The van der Waals surface area contributed by atoms with Gasteiger partial charge in [0.15, 0.2) is 0 Å². The van der Waals surface area contributed by atoms with Gasteiger partial charge < -0.3 is 0 Å². The van der Waals surface area contributed by atoms with E-state index in [1.807, 2.05) is 0 Å². The molecule has 7 heavy (non-hydrogen) atoms. The molecule has 0 aromatic heterocycles. The largest absolute Gasteiger partial charge is 0.0925 e. The zero-order chi connectivity index (χ0) is 5.70. The molecule has 0 atom stereocenters. The molecule has 42 valence electrons. The summed E-state index contributed by atoms with van der Waals surface area (Å²) in [6, 6.07) is 0. The van der Waals surface area contributed by atoms with Gasteiger partial charge in [-0.1, -0.05) is 27.6 Å². The molecule has 0 saturated carbocycles. The van der Waals surface area contributed by atoms with Crippen molar-refractivity contribution in [2.75, 3.05) is 5.33 Å². The summed E-state index contributed by atoms with van der Waals surface area (Å²) in [5, 5.41) is 1.09. The molecule has 0 fully saturated rings. The lowest BCUT2D eigenvalue weighted by Crippen LogP contribution is -1.74. The maximum Gasteiger partial charge on any atom is 0.00684 e. The molecule has 0 radical (unpaired) electrons. The van der Waals surface area contributed by atoms with Gasteiger partial charge in [-0.2, -0.15) is 0 Å². The van der Waals surface area contributed by atoms with Crippen LogP contribution in [0.1, 0.15) is 20.3 Å². The fourth-order valence-electron chi connectivity index (χ4n) is 0.293. The van der Waals surface area contributed by atoms with Crippen LogP contribution in [0.3, 0.4) is 0 Å². The summed E-state index contributed by atoms with van der Waals surface area (Å²) in [5.41, 5.74) is 1.46. The van der Waals surface area contributed by atoms with Crippen molar-refractivity contribution in [3.05, 3.63) is 11.6 Å². The van der Waals surface area contributed by atoms with E-state index in [0.29, 0.717) is 0 Å². The van der Waals surface area contributed by atoms with Crippen LogP contribution in [0.5, 0.6) is 0 Å². The number of alkyl halides is 1. The monoisotopic (exact) mass is 162 g/mol. The van der Waals surface area contributed by atoms with Gasteiger partial charge in [0.2, 0.25) is 0 Å². The van der Waals surface area contributed by atoms with E-state index < -0.39 is 0 Å². The maximum atomic E-state index is 3.35. The summed E-state index contributed by atoms with van der Waals surface area (Å²) < 4.78 is 0. The minimum Gasteiger partial charge on any atom is -0.0925 e. The average molecular weight is 163 g/mol. The van der Waals surface area contributed by atoms with E-state index >= 15 is 0 Å². The Balaban J connectivity index is 3.17. The smallest absolute Gasteiger partial charge is 0.00684 e. The van der Waals surface area contributed by atoms with Crippen molar-refractivity contribution in [3.8, 4) is 0 Å². The Hall–Kier alpha value is 0.220. The molecule has 0 spiro atoms. The van der Waals surface area contributed by atoms with Crippen LogP contribution < -0.4 is 0 Å². The predicted molar refractivity (Wildman–Crippen MR) is 37.8 cm³/mol. The summed E-state index contributed by atoms with van der Waals surface area (Å²) in [6.45, 7) is 4.21. The standard InChI is InChI=1S/C6H11Br/c1-3-6(2)4-5-7/h3H,4-5H2,1-2H3/b6-3+. The molecule has 0 aliphatic rings. The Morgan fingerprint density at radius 1 is 1.71 bits per heavy atom.